The molecule has 0 aliphatic heterocycles. The van der Waals surface area contributed by atoms with Crippen LogP contribution in [0.2, 0.25) is 0 Å². The van der Waals surface area contributed by atoms with Gasteiger partial charge < -0.3 is 9.80 Å². The lowest BCUT2D eigenvalue weighted by Crippen LogP contribution is -2.17. The van der Waals surface area contributed by atoms with Gasteiger partial charge in [-0.05, 0) is 172 Å². The van der Waals surface area contributed by atoms with Gasteiger partial charge in [-0.25, -0.2) is 0 Å². The molecule has 3 aliphatic carbocycles. The summed E-state index contributed by atoms with van der Waals surface area (Å²) >= 11 is 0. The summed E-state index contributed by atoms with van der Waals surface area (Å²) in [4.78, 5) is 4.86. The van der Waals surface area contributed by atoms with Crippen LogP contribution in [-0.4, -0.2) is 0 Å². The summed E-state index contributed by atoms with van der Waals surface area (Å²) in [6.07, 6.45) is 0. The summed E-state index contributed by atoms with van der Waals surface area (Å²) in [5.41, 5.74) is 22.9. The van der Waals surface area contributed by atoms with Gasteiger partial charge >= 0.3 is 0 Å². The molecule has 0 saturated heterocycles. The van der Waals surface area contributed by atoms with Crippen LogP contribution in [0.5, 0.6) is 0 Å². The Balaban J connectivity index is 0.848. The molecule has 0 amide bonds. The van der Waals surface area contributed by atoms with Gasteiger partial charge in [-0.15, -0.1) is 0 Å². The van der Waals surface area contributed by atoms with Crippen molar-refractivity contribution < 1.29 is 0 Å². The molecule has 14 rings (SSSR count). The molecule has 0 saturated carbocycles. The van der Waals surface area contributed by atoms with Crippen LogP contribution in [0.3, 0.4) is 0 Å². The van der Waals surface area contributed by atoms with Crippen molar-refractivity contribution in [2.75, 3.05) is 9.80 Å². The Morgan fingerprint density at radius 1 is 0.239 bits per heavy atom. The van der Waals surface area contributed by atoms with Gasteiger partial charge in [0.05, 0.1) is 0 Å². The molecule has 0 spiro atoms. The van der Waals surface area contributed by atoms with E-state index in [4.69, 9.17) is 0 Å². The molecule has 0 aromatic heterocycles. The first-order chi connectivity index (χ1) is 34.5. The molecule has 0 N–H and O–H groups in total. The van der Waals surface area contributed by atoms with Crippen LogP contribution in [-0.2, 0) is 16.2 Å². The largest absolute Gasteiger partial charge is 0.310 e. The predicted octanol–water partition coefficient (Wildman–Crippen LogP) is 19.0. The maximum Gasteiger partial charge on any atom is 0.0468 e. The van der Waals surface area contributed by atoms with Crippen LogP contribution in [0.15, 0.2) is 218 Å². The highest BCUT2D eigenvalue weighted by Crippen LogP contribution is 2.56. The minimum absolute atomic E-state index is 0.0786. The Morgan fingerprint density at radius 2 is 0.549 bits per heavy atom. The summed E-state index contributed by atoms with van der Waals surface area (Å²) in [6.45, 7) is 14.3. The number of hydrogen-bond donors (Lipinski definition) is 0. The molecule has 0 heterocycles. The molecule has 3 aliphatic rings. The molecule has 11 aromatic carbocycles. The lowest BCUT2D eigenvalue weighted by molar-refractivity contribution is 0.666. The quantitative estimate of drug-likeness (QED) is 0.164. The molecule has 2 nitrogen and oxygen atoms in total. The third kappa shape index (κ3) is 5.95. The van der Waals surface area contributed by atoms with E-state index in [1.54, 1.807) is 0 Å². The monoisotopic (exact) mass is 910 g/mol. The standard InChI is InChI=1S/C69H54N2/c1-67(2)61-23-15-13-21-55(61)58-32-25-43-39-48(28-35-52(43)64(58)67)70(46-17-9-7-10-18-46)49-29-37-54-45(40-49)27-34-60-57-38-31-51(42-63(57)69(5,6)66(54)60)71(47-19-11-8-12-20-47)50-30-36-53-44(41-50)26-33-59-56-22-14-16-24-62(56)68(3,4)65(53)59/h7-42H,1-6H3. The second kappa shape index (κ2) is 14.9. The summed E-state index contributed by atoms with van der Waals surface area (Å²) in [6, 6.07) is 82.0. The molecule has 340 valence electrons. The molecule has 2 heteroatoms. The van der Waals surface area contributed by atoms with E-state index in [9.17, 15) is 0 Å². The lowest BCUT2D eigenvalue weighted by Gasteiger charge is -2.29. The van der Waals surface area contributed by atoms with E-state index >= 15 is 0 Å². The second-order valence-corrected chi connectivity index (χ2v) is 21.7. The van der Waals surface area contributed by atoms with Gasteiger partial charge in [-0.1, -0.05) is 187 Å². The minimum atomic E-state index is -0.250. The summed E-state index contributed by atoms with van der Waals surface area (Å²) in [5, 5.41) is 7.69. The van der Waals surface area contributed by atoms with Crippen molar-refractivity contribution in [3.05, 3.63) is 252 Å². The lowest BCUT2D eigenvalue weighted by atomic mass is 9.80. The van der Waals surface area contributed by atoms with Crippen LogP contribution < -0.4 is 9.80 Å². The zero-order valence-electron chi connectivity index (χ0n) is 41.2. The number of para-hydroxylation sites is 2. The van der Waals surface area contributed by atoms with Crippen molar-refractivity contribution in [3.8, 4) is 33.4 Å². The van der Waals surface area contributed by atoms with E-state index in [-0.39, 0.29) is 16.2 Å². The highest BCUT2D eigenvalue weighted by Gasteiger charge is 2.40. The third-order valence-corrected chi connectivity index (χ3v) is 16.7. The van der Waals surface area contributed by atoms with Crippen LogP contribution in [0.4, 0.5) is 34.1 Å². The fraction of sp³-hybridized carbons (Fsp3) is 0.130. The molecular formula is C69H54N2. The number of hydrogen-bond acceptors (Lipinski definition) is 2. The van der Waals surface area contributed by atoms with Crippen molar-refractivity contribution in [2.45, 2.75) is 57.8 Å². The highest BCUT2D eigenvalue weighted by molar-refractivity contribution is 6.03. The van der Waals surface area contributed by atoms with Crippen molar-refractivity contribution in [1.82, 2.24) is 0 Å². The van der Waals surface area contributed by atoms with Crippen LogP contribution in [0, 0.1) is 0 Å². The second-order valence-electron chi connectivity index (χ2n) is 21.7. The molecule has 11 aromatic rings. The topological polar surface area (TPSA) is 6.48 Å². The molecule has 0 fully saturated rings. The van der Waals surface area contributed by atoms with Gasteiger partial charge in [0.2, 0.25) is 0 Å². The highest BCUT2D eigenvalue weighted by atomic mass is 15.1. The molecule has 0 unspecified atom stereocenters. The molecule has 0 radical (unpaired) electrons. The van der Waals surface area contributed by atoms with Gasteiger partial charge in [-0.2, -0.15) is 0 Å². The molecular weight excluding hydrogens is 857 g/mol. The predicted molar refractivity (Wildman–Crippen MR) is 301 cm³/mol. The van der Waals surface area contributed by atoms with Crippen LogP contribution >= 0.6 is 0 Å². The zero-order valence-corrected chi connectivity index (χ0v) is 41.2. The van der Waals surface area contributed by atoms with Gasteiger partial charge in [0.25, 0.3) is 0 Å². The smallest absolute Gasteiger partial charge is 0.0468 e. The Hall–Kier alpha value is -8.20. The average molecular weight is 911 g/mol. The van der Waals surface area contributed by atoms with E-state index in [1.807, 2.05) is 0 Å². The van der Waals surface area contributed by atoms with Crippen molar-refractivity contribution >= 4 is 66.4 Å². The number of anilines is 6. The zero-order chi connectivity index (χ0) is 48.0. The van der Waals surface area contributed by atoms with E-state index in [0.29, 0.717) is 0 Å². The van der Waals surface area contributed by atoms with Crippen LogP contribution in [0.25, 0.3) is 65.7 Å². The molecule has 71 heavy (non-hydrogen) atoms. The fourth-order valence-corrected chi connectivity index (χ4v) is 13.5. The van der Waals surface area contributed by atoms with Crippen molar-refractivity contribution in [2.24, 2.45) is 0 Å². The normalized spacial score (nSPS) is 15.0. The SMILES string of the molecule is CC1(C)c2ccccc2-c2ccc3cc(N(c4ccccc4)c4ccc5c(c4)C(C)(C)c4c-5ccc5cc(N(c6ccccc6)c6ccc7c8c(ccc7c6)-c6ccccc6C8(C)C)ccc45)ccc3c21. The first kappa shape index (κ1) is 41.7. The van der Waals surface area contributed by atoms with Gasteiger partial charge in [0.1, 0.15) is 0 Å². The fourth-order valence-electron chi connectivity index (χ4n) is 13.5. The molecule has 0 bridgehead atoms. The summed E-state index contributed by atoms with van der Waals surface area (Å²) in [5.74, 6) is 0. The van der Waals surface area contributed by atoms with Gasteiger partial charge in [0, 0.05) is 50.4 Å². The number of benzene rings is 11. The summed E-state index contributed by atoms with van der Waals surface area (Å²) in [7, 11) is 0. The number of rotatable bonds is 6. The van der Waals surface area contributed by atoms with E-state index in [1.165, 1.54) is 99.1 Å². The Bertz CT molecular complexity index is 4030. The van der Waals surface area contributed by atoms with E-state index in [2.05, 4.69) is 270 Å². The van der Waals surface area contributed by atoms with Crippen molar-refractivity contribution in [1.29, 1.82) is 0 Å². The first-order valence-electron chi connectivity index (χ1n) is 25.3. The Labute approximate surface area is 417 Å². The van der Waals surface area contributed by atoms with Crippen LogP contribution in [0.1, 0.15) is 74.9 Å². The van der Waals surface area contributed by atoms with Gasteiger partial charge in [-0.3, -0.25) is 0 Å². The van der Waals surface area contributed by atoms with Gasteiger partial charge in [0.15, 0.2) is 0 Å². The third-order valence-electron chi connectivity index (χ3n) is 16.7. The van der Waals surface area contributed by atoms with Crippen molar-refractivity contribution in [3.63, 3.8) is 0 Å². The first-order valence-corrected chi connectivity index (χ1v) is 25.3. The minimum Gasteiger partial charge on any atom is -0.310 e. The number of nitrogens with zero attached hydrogens (tertiary/aromatic N) is 2. The Morgan fingerprint density at radius 3 is 0.958 bits per heavy atom. The van der Waals surface area contributed by atoms with E-state index in [0.717, 1.165) is 34.1 Å². The van der Waals surface area contributed by atoms with E-state index < -0.39 is 0 Å². The summed E-state index contributed by atoms with van der Waals surface area (Å²) < 4.78 is 0. The maximum absolute atomic E-state index is 2.46. The maximum atomic E-state index is 2.46. The molecule has 0 atom stereocenters. The Kier molecular flexibility index (Phi) is 8.76. The number of fused-ring (bicyclic) bond motifs is 15. The average Bonchev–Trinajstić information content (AvgIpc) is 3.89.